The van der Waals surface area contributed by atoms with Crippen LogP contribution in [0.3, 0.4) is 0 Å². The molecular formula is C13H13N5O. The summed E-state index contributed by atoms with van der Waals surface area (Å²) in [5.41, 5.74) is 1.17. The SMILES string of the molecule is N#CC1CCCC1NC(=O)c1cnn2ccncc12. The topological polar surface area (TPSA) is 83.1 Å². The molecule has 2 unspecified atom stereocenters. The Hall–Kier alpha value is -2.42. The van der Waals surface area contributed by atoms with E-state index in [1.54, 1.807) is 23.1 Å². The van der Waals surface area contributed by atoms with E-state index in [9.17, 15) is 4.79 Å². The first kappa shape index (κ1) is 11.7. The van der Waals surface area contributed by atoms with E-state index >= 15 is 0 Å². The van der Waals surface area contributed by atoms with Crippen LogP contribution in [0.5, 0.6) is 0 Å². The lowest BCUT2D eigenvalue weighted by Gasteiger charge is -2.14. The molecule has 1 aliphatic rings. The predicted octanol–water partition coefficient (Wildman–Crippen LogP) is 1.15. The van der Waals surface area contributed by atoms with E-state index in [1.165, 1.54) is 6.20 Å². The average Bonchev–Trinajstić information content (AvgIpc) is 3.04. The van der Waals surface area contributed by atoms with Gasteiger partial charge >= 0.3 is 0 Å². The Bertz CT molecular complexity index is 656. The van der Waals surface area contributed by atoms with Crippen LogP contribution in [0.15, 0.2) is 24.8 Å². The zero-order chi connectivity index (χ0) is 13.2. The highest BCUT2D eigenvalue weighted by Gasteiger charge is 2.29. The van der Waals surface area contributed by atoms with Gasteiger partial charge in [0, 0.05) is 18.4 Å². The fourth-order valence-corrected chi connectivity index (χ4v) is 2.54. The lowest BCUT2D eigenvalue weighted by atomic mass is 10.1. The summed E-state index contributed by atoms with van der Waals surface area (Å²) < 4.78 is 1.61. The third-order valence-electron chi connectivity index (χ3n) is 3.57. The van der Waals surface area contributed by atoms with Gasteiger partial charge in [-0.25, -0.2) is 4.52 Å². The number of amides is 1. The van der Waals surface area contributed by atoms with Crippen molar-refractivity contribution in [2.24, 2.45) is 5.92 Å². The van der Waals surface area contributed by atoms with Gasteiger partial charge in [0.25, 0.3) is 5.91 Å². The minimum Gasteiger partial charge on any atom is -0.348 e. The highest BCUT2D eigenvalue weighted by atomic mass is 16.1. The van der Waals surface area contributed by atoms with E-state index in [1.807, 2.05) is 0 Å². The highest BCUT2D eigenvalue weighted by Crippen LogP contribution is 2.25. The van der Waals surface area contributed by atoms with Crippen molar-refractivity contribution < 1.29 is 4.79 Å². The third kappa shape index (κ3) is 2.03. The van der Waals surface area contributed by atoms with Gasteiger partial charge in [-0.2, -0.15) is 10.4 Å². The first-order chi connectivity index (χ1) is 9.29. The Balaban J connectivity index is 1.83. The zero-order valence-corrected chi connectivity index (χ0v) is 10.3. The van der Waals surface area contributed by atoms with Crippen molar-refractivity contribution in [3.8, 4) is 6.07 Å². The van der Waals surface area contributed by atoms with Crippen molar-refractivity contribution >= 4 is 11.4 Å². The summed E-state index contributed by atoms with van der Waals surface area (Å²) in [6, 6.07) is 2.20. The normalized spacial score (nSPS) is 22.3. The van der Waals surface area contributed by atoms with Gasteiger partial charge in [-0.15, -0.1) is 0 Å². The molecule has 1 aliphatic carbocycles. The minimum atomic E-state index is -0.185. The number of rotatable bonds is 2. The third-order valence-corrected chi connectivity index (χ3v) is 3.57. The van der Waals surface area contributed by atoms with Gasteiger partial charge in [0.15, 0.2) is 0 Å². The molecule has 96 valence electrons. The van der Waals surface area contributed by atoms with E-state index in [0.717, 1.165) is 19.3 Å². The van der Waals surface area contributed by atoms with Gasteiger partial charge < -0.3 is 5.32 Å². The summed E-state index contributed by atoms with van der Waals surface area (Å²) >= 11 is 0. The van der Waals surface area contributed by atoms with Crippen LogP contribution in [-0.4, -0.2) is 26.5 Å². The highest BCUT2D eigenvalue weighted by molar-refractivity contribution is 6.00. The Morgan fingerprint density at radius 1 is 1.47 bits per heavy atom. The number of nitrogens with one attached hydrogen (secondary N) is 1. The fourth-order valence-electron chi connectivity index (χ4n) is 2.54. The fraction of sp³-hybridized carbons (Fsp3) is 0.385. The number of aromatic nitrogens is 3. The number of hydrogen-bond donors (Lipinski definition) is 1. The van der Waals surface area contributed by atoms with Crippen LogP contribution < -0.4 is 5.32 Å². The van der Waals surface area contributed by atoms with Gasteiger partial charge in [-0.3, -0.25) is 9.78 Å². The summed E-state index contributed by atoms with van der Waals surface area (Å²) in [7, 11) is 0. The summed E-state index contributed by atoms with van der Waals surface area (Å²) in [5, 5.41) is 16.1. The molecule has 1 amide bonds. The van der Waals surface area contributed by atoms with Crippen LogP contribution >= 0.6 is 0 Å². The number of fused-ring (bicyclic) bond motifs is 1. The smallest absolute Gasteiger partial charge is 0.255 e. The molecule has 1 fully saturated rings. The number of nitrogens with zero attached hydrogens (tertiary/aromatic N) is 4. The molecule has 0 spiro atoms. The van der Waals surface area contributed by atoms with E-state index in [0.29, 0.717) is 11.1 Å². The molecular weight excluding hydrogens is 242 g/mol. The maximum atomic E-state index is 12.2. The van der Waals surface area contributed by atoms with Crippen LogP contribution in [0.25, 0.3) is 5.52 Å². The molecule has 0 bridgehead atoms. The molecule has 2 aromatic rings. The molecule has 6 heteroatoms. The summed E-state index contributed by atoms with van der Waals surface area (Å²) in [5.74, 6) is -0.265. The zero-order valence-electron chi connectivity index (χ0n) is 10.3. The van der Waals surface area contributed by atoms with E-state index < -0.39 is 0 Å². The average molecular weight is 255 g/mol. The van der Waals surface area contributed by atoms with Crippen LogP contribution in [0.4, 0.5) is 0 Å². The number of carbonyl (C=O) groups is 1. The van der Waals surface area contributed by atoms with E-state index in [2.05, 4.69) is 21.5 Å². The number of carbonyl (C=O) groups excluding carboxylic acids is 1. The largest absolute Gasteiger partial charge is 0.348 e. The summed E-state index contributed by atoms with van der Waals surface area (Å²) in [6.07, 6.45) is 9.16. The Morgan fingerprint density at radius 2 is 2.37 bits per heavy atom. The van der Waals surface area contributed by atoms with E-state index in [-0.39, 0.29) is 17.9 Å². The maximum Gasteiger partial charge on any atom is 0.255 e. The van der Waals surface area contributed by atoms with Gasteiger partial charge in [-0.1, -0.05) is 0 Å². The standard InChI is InChI=1S/C13H13N5O/c14-6-9-2-1-3-11(9)17-13(19)10-7-16-18-5-4-15-8-12(10)18/h4-5,7-9,11H,1-3H2,(H,17,19). The van der Waals surface area contributed by atoms with Crippen molar-refractivity contribution in [2.75, 3.05) is 0 Å². The molecule has 1 saturated carbocycles. The van der Waals surface area contributed by atoms with Crippen molar-refractivity contribution in [3.05, 3.63) is 30.4 Å². The second-order valence-electron chi connectivity index (χ2n) is 4.71. The molecule has 3 rings (SSSR count). The van der Waals surface area contributed by atoms with Gasteiger partial charge in [0.1, 0.15) is 0 Å². The second-order valence-corrected chi connectivity index (χ2v) is 4.71. The quantitative estimate of drug-likeness (QED) is 0.872. The van der Waals surface area contributed by atoms with Crippen molar-refractivity contribution in [3.63, 3.8) is 0 Å². The van der Waals surface area contributed by atoms with Gasteiger partial charge in [-0.05, 0) is 19.3 Å². The first-order valence-corrected chi connectivity index (χ1v) is 6.27. The molecule has 0 saturated heterocycles. The minimum absolute atomic E-state index is 0.0517. The Labute approximate surface area is 110 Å². The van der Waals surface area contributed by atoms with Crippen molar-refractivity contribution in [2.45, 2.75) is 25.3 Å². The Morgan fingerprint density at radius 3 is 3.21 bits per heavy atom. The number of nitriles is 1. The molecule has 0 aromatic carbocycles. The van der Waals surface area contributed by atoms with Crippen LogP contribution in [0.2, 0.25) is 0 Å². The predicted molar refractivity (Wildman–Crippen MR) is 67.2 cm³/mol. The van der Waals surface area contributed by atoms with Crippen LogP contribution in [0, 0.1) is 17.2 Å². The summed E-state index contributed by atoms with van der Waals surface area (Å²) in [4.78, 5) is 16.2. The molecule has 0 aliphatic heterocycles. The molecule has 6 nitrogen and oxygen atoms in total. The summed E-state index contributed by atoms with van der Waals surface area (Å²) in [6.45, 7) is 0. The Kier molecular flexibility index (Phi) is 2.88. The lowest BCUT2D eigenvalue weighted by Crippen LogP contribution is -2.36. The van der Waals surface area contributed by atoms with Crippen molar-refractivity contribution in [1.82, 2.24) is 19.9 Å². The van der Waals surface area contributed by atoms with Crippen molar-refractivity contribution in [1.29, 1.82) is 5.26 Å². The molecule has 0 radical (unpaired) electrons. The van der Waals surface area contributed by atoms with Gasteiger partial charge in [0.05, 0.1) is 35.5 Å². The van der Waals surface area contributed by atoms with Crippen LogP contribution in [-0.2, 0) is 0 Å². The maximum absolute atomic E-state index is 12.2. The lowest BCUT2D eigenvalue weighted by molar-refractivity contribution is 0.0934. The first-order valence-electron chi connectivity index (χ1n) is 6.27. The molecule has 2 atom stereocenters. The molecule has 2 aromatic heterocycles. The number of hydrogen-bond acceptors (Lipinski definition) is 4. The van der Waals surface area contributed by atoms with E-state index in [4.69, 9.17) is 5.26 Å². The van der Waals surface area contributed by atoms with Crippen LogP contribution in [0.1, 0.15) is 29.6 Å². The van der Waals surface area contributed by atoms with Gasteiger partial charge in [0.2, 0.25) is 0 Å². The molecule has 2 heterocycles. The second kappa shape index (κ2) is 4.69. The molecule has 1 N–H and O–H groups in total. The molecule has 19 heavy (non-hydrogen) atoms. The monoisotopic (exact) mass is 255 g/mol.